The summed E-state index contributed by atoms with van der Waals surface area (Å²) in [5.74, 6) is 0.0978. The number of carbonyl (C=O) groups excluding carboxylic acids is 1. The van der Waals surface area contributed by atoms with Crippen molar-refractivity contribution in [1.29, 1.82) is 0 Å². The maximum Gasteiger partial charge on any atom is 0.229 e. The topological polar surface area (TPSA) is 20.3 Å². The van der Waals surface area contributed by atoms with E-state index in [0.717, 1.165) is 17.7 Å². The Labute approximate surface area is 105 Å². The van der Waals surface area contributed by atoms with Gasteiger partial charge in [-0.3, -0.25) is 4.79 Å². The molecule has 0 atom stereocenters. The molecule has 0 spiro atoms. The number of benzene rings is 1. The summed E-state index contributed by atoms with van der Waals surface area (Å²) >= 11 is 12.1. The van der Waals surface area contributed by atoms with Gasteiger partial charge >= 0.3 is 0 Å². The monoisotopic (exact) mass is 257 g/mol. The van der Waals surface area contributed by atoms with Crippen molar-refractivity contribution in [3.63, 3.8) is 0 Å². The van der Waals surface area contributed by atoms with Crippen LogP contribution in [-0.2, 0) is 11.2 Å². The van der Waals surface area contributed by atoms with Crippen molar-refractivity contribution in [2.75, 3.05) is 11.4 Å². The summed E-state index contributed by atoms with van der Waals surface area (Å²) < 4.78 is 0. The van der Waals surface area contributed by atoms with E-state index in [1.807, 2.05) is 19.9 Å². The summed E-state index contributed by atoms with van der Waals surface area (Å²) in [5, 5.41) is 1.19. The Bertz CT molecular complexity index is 443. The molecule has 2 rings (SSSR count). The van der Waals surface area contributed by atoms with Crippen LogP contribution in [0.15, 0.2) is 12.1 Å². The lowest BCUT2D eigenvalue weighted by Gasteiger charge is -2.20. The van der Waals surface area contributed by atoms with Crippen LogP contribution in [0.5, 0.6) is 0 Å². The van der Waals surface area contributed by atoms with Crippen LogP contribution in [0.3, 0.4) is 0 Å². The van der Waals surface area contributed by atoms with Gasteiger partial charge in [-0.2, -0.15) is 0 Å². The van der Waals surface area contributed by atoms with Crippen LogP contribution in [-0.4, -0.2) is 12.5 Å². The van der Waals surface area contributed by atoms with Crippen LogP contribution in [0.25, 0.3) is 0 Å². The second-order valence-corrected chi connectivity index (χ2v) is 5.13. The lowest BCUT2D eigenvalue weighted by atomic mass is 10.1. The highest BCUT2D eigenvalue weighted by Crippen LogP contribution is 2.38. The fourth-order valence-electron chi connectivity index (χ4n) is 1.99. The summed E-state index contributed by atoms with van der Waals surface area (Å²) in [4.78, 5) is 13.7. The Hall–Kier alpha value is -0.730. The van der Waals surface area contributed by atoms with Gasteiger partial charge in [0.25, 0.3) is 0 Å². The molecule has 1 heterocycles. The Morgan fingerprint density at radius 3 is 2.69 bits per heavy atom. The van der Waals surface area contributed by atoms with Gasteiger partial charge in [0, 0.05) is 17.5 Å². The highest BCUT2D eigenvalue weighted by molar-refractivity contribution is 6.37. The van der Waals surface area contributed by atoms with E-state index in [2.05, 4.69) is 0 Å². The molecule has 0 aromatic heterocycles. The number of carbonyl (C=O) groups is 1. The minimum atomic E-state index is -0.0160. The number of rotatable bonds is 1. The van der Waals surface area contributed by atoms with E-state index >= 15 is 0 Å². The first-order valence-electron chi connectivity index (χ1n) is 5.30. The fourth-order valence-corrected chi connectivity index (χ4v) is 2.63. The molecule has 2 nitrogen and oxygen atoms in total. The molecule has 0 bridgehead atoms. The summed E-state index contributed by atoms with van der Waals surface area (Å²) in [6.07, 6.45) is 0.827. The van der Waals surface area contributed by atoms with Crippen LogP contribution in [0, 0.1) is 5.92 Å². The summed E-state index contributed by atoms with van der Waals surface area (Å²) in [6.45, 7) is 4.49. The highest BCUT2D eigenvalue weighted by Gasteiger charge is 2.28. The molecule has 0 saturated carbocycles. The zero-order chi connectivity index (χ0) is 11.9. The number of hydrogen-bond donors (Lipinski definition) is 0. The average molecular weight is 258 g/mol. The normalized spacial score (nSPS) is 14.4. The maximum absolute atomic E-state index is 12.0. The molecule has 1 amide bonds. The van der Waals surface area contributed by atoms with Gasteiger partial charge in [0.15, 0.2) is 0 Å². The van der Waals surface area contributed by atoms with Crippen molar-refractivity contribution >= 4 is 34.8 Å². The van der Waals surface area contributed by atoms with Crippen molar-refractivity contribution in [2.24, 2.45) is 5.92 Å². The van der Waals surface area contributed by atoms with E-state index in [1.165, 1.54) is 0 Å². The summed E-state index contributed by atoms with van der Waals surface area (Å²) in [6, 6.07) is 3.57. The second kappa shape index (κ2) is 4.27. The molecule has 86 valence electrons. The predicted octanol–water partition coefficient (Wildman–Crippen LogP) is 3.54. The zero-order valence-corrected chi connectivity index (χ0v) is 10.8. The molecule has 0 N–H and O–H groups in total. The van der Waals surface area contributed by atoms with Crippen LogP contribution in [0.2, 0.25) is 10.0 Å². The van der Waals surface area contributed by atoms with Crippen molar-refractivity contribution < 1.29 is 4.79 Å². The number of hydrogen-bond acceptors (Lipinski definition) is 1. The van der Waals surface area contributed by atoms with Crippen molar-refractivity contribution in [2.45, 2.75) is 20.3 Å². The SMILES string of the molecule is CC(C)C(=O)N1CCc2cc(Cl)cc(Cl)c21. The van der Waals surface area contributed by atoms with E-state index in [4.69, 9.17) is 23.2 Å². The number of amides is 1. The summed E-state index contributed by atoms with van der Waals surface area (Å²) in [7, 11) is 0. The molecule has 0 saturated heterocycles. The van der Waals surface area contributed by atoms with Gasteiger partial charge in [0.1, 0.15) is 0 Å². The van der Waals surface area contributed by atoms with Crippen LogP contribution in [0.1, 0.15) is 19.4 Å². The van der Waals surface area contributed by atoms with Gasteiger partial charge in [-0.25, -0.2) is 0 Å². The van der Waals surface area contributed by atoms with Gasteiger partial charge in [-0.05, 0) is 24.1 Å². The number of fused-ring (bicyclic) bond motifs is 1. The molecule has 1 aromatic carbocycles. The second-order valence-electron chi connectivity index (χ2n) is 4.29. The molecule has 0 unspecified atom stereocenters. The Morgan fingerprint density at radius 2 is 2.06 bits per heavy atom. The maximum atomic E-state index is 12.0. The number of halogens is 2. The quantitative estimate of drug-likeness (QED) is 0.754. The average Bonchev–Trinajstić information content (AvgIpc) is 2.59. The third-order valence-electron chi connectivity index (χ3n) is 2.74. The van der Waals surface area contributed by atoms with E-state index in [1.54, 1.807) is 11.0 Å². The molecule has 4 heteroatoms. The molecule has 16 heavy (non-hydrogen) atoms. The minimum absolute atomic E-state index is 0.0160. The molecule has 0 fully saturated rings. The third kappa shape index (κ3) is 1.92. The smallest absolute Gasteiger partial charge is 0.229 e. The van der Waals surface area contributed by atoms with Gasteiger partial charge in [0.2, 0.25) is 5.91 Å². The van der Waals surface area contributed by atoms with Crippen molar-refractivity contribution in [3.8, 4) is 0 Å². The number of anilines is 1. The van der Waals surface area contributed by atoms with Crippen molar-refractivity contribution in [1.82, 2.24) is 0 Å². The van der Waals surface area contributed by atoms with Crippen LogP contribution >= 0.6 is 23.2 Å². The van der Waals surface area contributed by atoms with Gasteiger partial charge in [0.05, 0.1) is 10.7 Å². The first-order chi connectivity index (χ1) is 7.50. The Balaban J connectivity index is 2.43. The van der Waals surface area contributed by atoms with Gasteiger partial charge in [-0.1, -0.05) is 37.0 Å². The molecular weight excluding hydrogens is 245 g/mol. The van der Waals surface area contributed by atoms with Crippen LogP contribution < -0.4 is 4.90 Å². The molecule has 1 aliphatic rings. The lowest BCUT2D eigenvalue weighted by Crippen LogP contribution is -2.32. The third-order valence-corrected chi connectivity index (χ3v) is 3.25. The molecule has 0 radical (unpaired) electrons. The lowest BCUT2D eigenvalue weighted by molar-refractivity contribution is -0.121. The minimum Gasteiger partial charge on any atom is -0.310 e. The van der Waals surface area contributed by atoms with E-state index in [-0.39, 0.29) is 11.8 Å². The van der Waals surface area contributed by atoms with Gasteiger partial charge < -0.3 is 4.90 Å². The Kier molecular flexibility index (Phi) is 3.13. The van der Waals surface area contributed by atoms with Crippen LogP contribution in [0.4, 0.5) is 5.69 Å². The largest absolute Gasteiger partial charge is 0.310 e. The van der Waals surface area contributed by atoms with E-state index < -0.39 is 0 Å². The molecular formula is C12H13Cl2NO. The molecule has 0 aliphatic carbocycles. The van der Waals surface area contributed by atoms with Crippen molar-refractivity contribution in [3.05, 3.63) is 27.7 Å². The standard InChI is InChI=1S/C12H13Cl2NO/c1-7(2)12(16)15-4-3-8-5-9(13)6-10(14)11(8)15/h5-7H,3-4H2,1-2H3. The first-order valence-corrected chi connectivity index (χ1v) is 6.05. The Morgan fingerprint density at radius 1 is 1.38 bits per heavy atom. The van der Waals surface area contributed by atoms with Gasteiger partial charge in [-0.15, -0.1) is 0 Å². The zero-order valence-electron chi connectivity index (χ0n) is 9.26. The van der Waals surface area contributed by atoms with E-state index in [0.29, 0.717) is 16.6 Å². The van der Waals surface area contributed by atoms with E-state index in [9.17, 15) is 4.79 Å². The fraction of sp³-hybridized carbons (Fsp3) is 0.417. The number of nitrogens with zero attached hydrogens (tertiary/aromatic N) is 1. The first kappa shape index (κ1) is 11.7. The predicted molar refractivity (Wildman–Crippen MR) is 67.4 cm³/mol. The highest BCUT2D eigenvalue weighted by atomic mass is 35.5. The summed E-state index contributed by atoms with van der Waals surface area (Å²) in [5.41, 5.74) is 1.90. The molecule has 1 aliphatic heterocycles. The molecule has 1 aromatic rings.